The topological polar surface area (TPSA) is 55.6 Å². The van der Waals surface area contributed by atoms with Crippen LogP contribution in [0.5, 0.6) is 0 Å². The molecular weight excluding hydrogens is 228 g/mol. The molecule has 2 heterocycles. The Morgan fingerprint density at radius 2 is 2.06 bits per heavy atom. The number of carbonyl (C=O) groups is 1. The molecule has 3 aliphatic rings. The molecule has 0 bridgehead atoms. The first kappa shape index (κ1) is 12.4. The lowest BCUT2D eigenvalue weighted by Gasteiger charge is -2.33. The third kappa shape index (κ3) is 2.41. The molecule has 0 aromatic carbocycles. The highest BCUT2D eigenvalue weighted by Gasteiger charge is 2.43. The number of hydrogen-bond donors (Lipinski definition) is 1. The zero-order valence-electron chi connectivity index (χ0n) is 11.1. The molecule has 18 heavy (non-hydrogen) atoms. The monoisotopic (exact) mass is 252 g/mol. The van der Waals surface area contributed by atoms with E-state index in [0.29, 0.717) is 13.0 Å². The van der Waals surface area contributed by atoms with Gasteiger partial charge in [-0.25, -0.2) is 0 Å². The molecule has 4 nitrogen and oxygen atoms in total. The van der Waals surface area contributed by atoms with Crippen molar-refractivity contribution >= 4 is 5.91 Å². The summed E-state index contributed by atoms with van der Waals surface area (Å²) in [6, 6.07) is 0.157. The summed E-state index contributed by atoms with van der Waals surface area (Å²) in [5, 5.41) is 0. The molecule has 2 aliphatic heterocycles. The predicted molar refractivity (Wildman–Crippen MR) is 69.1 cm³/mol. The maximum Gasteiger partial charge on any atom is 0.222 e. The number of nitrogens with zero attached hydrogens (tertiary/aromatic N) is 1. The lowest BCUT2D eigenvalue weighted by atomic mass is 9.98. The van der Waals surface area contributed by atoms with E-state index >= 15 is 0 Å². The van der Waals surface area contributed by atoms with Crippen molar-refractivity contribution < 1.29 is 9.53 Å². The molecule has 2 saturated heterocycles. The zero-order valence-corrected chi connectivity index (χ0v) is 11.1. The summed E-state index contributed by atoms with van der Waals surface area (Å²) in [6.45, 7) is 1.47. The highest BCUT2D eigenvalue weighted by atomic mass is 16.5. The van der Waals surface area contributed by atoms with Gasteiger partial charge in [-0.3, -0.25) is 4.79 Å². The number of rotatable bonds is 2. The average Bonchev–Trinajstić information content (AvgIpc) is 2.95. The maximum absolute atomic E-state index is 11.9. The molecular formula is C14H24N2O2. The molecule has 3 fully saturated rings. The standard InChI is InChI=1S/C14H24N2O2/c15-11-3-4-13(17)16(9-11)10-12-5-8-14(18-12)6-1-2-7-14/h11-12H,1-10,15H2. The Balaban J connectivity index is 1.55. The smallest absolute Gasteiger partial charge is 0.222 e. The van der Waals surface area contributed by atoms with Crippen LogP contribution in [0.4, 0.5) is 0 Å². The van der Waals surface area contributed by atoms with E-state index in [2.05, 4.69) is 0 Å². The molecule has 2 N–H and O–H groups in total. The van der Waals surface area contributed by atoms with Gasteiger partial charge in [0.15, 0.2) is 0 Å². The molecule has 3 rings (SSSR count). The van der Waals surface area contributed by atoms with E-state index in [1.165, 1.54) is 32.1 Å². The van der Waals surface area contributed by atoms with Gasteiger partial charge in [0.25, 0.3) is 0 Å². The van der Waals surface area contributed by atoms with E-state index in [1.807, 2.05) is 4.90 Å². The van der Waals surface area contributed by atoms with E-state index in [9.17, 15) is 4.79 Å². The van der Waals surface area contributed by atoms with Crippen LogP contribution in [-0.4, -0.2) is 41.6 Å². The zero-order chi connectivity index (χ0) is 12.6. The number of carbonyl (C=O) groups excluding carboxylic acids is 1. The SMILES string of the molecule is NC1CCC(=O)N(CC2CCC3(CCCC3)O2)C1. The summed E-state index contributed by atoms with van der Waals surface area (Å²) in [5.41, 5.74) is 6.11. The van der Waals surface area contributed by atoms with Crippen molar-refractivity contribution in [1.29, 1.82) is 0 Å². The Morgan fingerprint density at radius 3 is 2.83 bits per heavy atom. The lowest BCUT2D eigenvalue weighted by molar-refractivity contribution is -0.137. The minimum Gasteiger partial charge on any atom is -0.370 e. The molecule has 1 spiro atoms. The Morgan fingerprint density at radius 1 is 1.28 bits per heavy atom. The normalized spacial score (nSPS) is 35.6. The van der Waals surface area contributed by atoms with E-state index in [4.69, 9.17) is 10.5 Å². The minimum atomic E-state index is 0.157. The third-order valence-electron chi connectivity index (χ3n) is 4.81. The van der Waals surface area contributed by atoms with Gasteiger partial charge in [0.05, 0.1) is 11.7 Å². The number of piperidine rings is 1. The second-order valence-corrected chi connectivity index (χ2v) is 6.27. The molecule has 1 aliphatic carbocycles. The Bertz CT molecular complexity index is 326. The molecule has 102 valence electrons. The molecule has 0 aromatic rings. The number of likely N-dealkylation sites (tertiary alicyclic amines) is 1. The second-order valence-electron chi connectivity index (χ2n) is 6.27. The van der Waals surface area contributed by atoms with Gasteiger partial charge in [-0.15, -0.1) is 0 Å². The van der Waals surface area contributed by atoms with E-state index in [-0.39, 0.29) is 23.7 Å². The van der Waals surface area contributed by atoms with Crippen molar-refractivity contribution in [3.63, 3.8) is 0 Å². The summed E-state index contributed by atoms with van der Waals surface area (Å²) in [6.07, 6.45) is 9.04. The fraction of sp³-hybridized carbons (Fsp3) is 0.929. The van der Waals surface area contributed by atoms with Crippen LogP contribution < -0.4 is 5.73 Å². The van der Waals surface area contributed by atoms with Crippen LogP contribution in [0.15, 0.2) is 0 Å². The van der Waals surface area contributed by atoms with Crippen LogP contribution in [0, 0.1) is 0 Å². The number of hydrogen-bond acceptors (Lipinski definition) is 3. The van der Waals surface area contributed by atoms with E-state index in [0.717, 1.165) is 19.4 Å². The largest absolute Gasteiger partial charge is 0.370 e. The summed E-state index contributed by atoms with van der Waals surface area (Å²) in [4.78, 5) is 13.8. The van der Waals surface area contributed by atoms with Crippen LogP contribution in [0.2, 0.25) is 0 Å². The Kier molecular flexibility index (Phi) is 3.32. The van der Waals surface area contributed by atoms with E-state index in [1.54, 1.807) is 0 Å². The highest BCUT2D eigenvalue weighted by Crippen LogP contribution is 2.43. The predicted octanol–water partition coefficient (Wildman–Crippen LogP) is 1.43. The van der Waals surface area contributed by atoms with Crippen molar-refractivity contribution in [3.05, 3.63) is 0 Å². The number of ether oxygens (including phenoxy) is 1. The molecule has 2 unspecified atom stereocenters. The number of amides is 1. The quantitative estimate of drug-likeness (QED) is 0.809. The van der Waals surface area contributed by atoms with Crippen molar-refractivity contribution in [2.75, 3.05) is 13.1 Å². The van der Waals surface area contributed by atoms with Gasteiger partial charge in [-0.2, -0.15) is 0 Å². The van der Waals surface area contributed by atoms with Crippen molar-refractivity contribution in [2.45, 2.75) is 69.1 Å². The molecule has 4 heteroatoms. The van der Waals surface area contributed by atoms with Crippen molar-refractivity contribution in [1.82, 2.24) is 4.90 Å². The van der Waals surface area contributed by atoms with Gasteiger partial charge >= 0.3 is 0 Å². The first-order chi connectivity index (χ1) is 8.67. The van der Waals surface area contributed by atoms with Gasteiger partial charge < -0.3 is 15.4 Å². The number of nitrogens with two attached hydrogens (primary N) is 1. The van der Waals surface area contributed by atoms with Gasteiger partial charge in [-0.05, 0) is 32.1 Å². The maximum atomic E-state index is 11.9. The summed E-state index contributed by atoms with van der Waals surface area (Å²) in [7, 11) is 0. The average molecular weight is 252 g/mol. The molecule has 0 radical (unpaired) electrons. The Hall–Kier alpha value is -0.610. The summed E-state index contributed by atoms with van der Waals surface area (Å²) >= 11 is 0. The van der Waals surface area contributed by atoms with Crippen LogP contribution in [0.25, 0.3) is 0 Å². The summed E-state index contributed by atoms with van der Waals surface area (Å²) in [5.74, 6) is 0.257. The fourth-order valence-electron chi connectivity index (χ4n) is 3.78. The second kappa shape index (κ2) is 4.82. The lowest BCUT2D eigenvalue weighted by Crippen LogP contribution is -2.48. The molecule has 1 saturated carbocycles. The van der Waals surface area contributed by atoms with Crippen LogP contribution >= 0.6 is 0 Å². The molecule has 2 atom stereocenters. The summed E-state index contributed by atoms with van der Waals surface area (Å²) < 4.78 is 6.26. The first-order valence-corrected chi connectivity index (χ1v) is 7.38. The van der Waals surface area contributed by atoms with Gasteiger partial charge in [0.1, 0.15) is 0 Å². The van der Waals surface area contributed by atoms with Crippen LogP contribution in [0.1, 0.15) is 51.4 Å². The molecule has 1 amide bonds. The van der Waals surface area contributed by atoms with Gasteiger partial charge in [-0.1, -0.05) is 12.8 Å². The van der Waals surface area contributed by atoms with Crippen molar-refractivity contribution in [2.24, 2.45) is 5.73 Å². The highest BCUT2D eigenvalue weighted by molar-refractivity contribution is 5.77. The Labute approximate surface area is 109 Å². The van der Waals surface area contributed by atoms with Crippen LogP contribution in [0.3, 0.4) is 0 Å². The third-order valence-corrected chi connectivity index (χ3v) is 4.81. The molecule has 0 aromatic heterocycles. The van der Waals surface area contributed by atoms with Gasteiger partial charge in [0.2, 0.25) is 5.91 Å². The van der Waals surface area contributed by atoms with Gasteiger partial charge in [0, 0.05) is 25.6 Å². The van der Waals surface area contributed by atoms with Crippen molar-refractivity contribution in [3.8, 4) is 0 Å². The minimum absolute atomic E-state index is 0.157. The fourth-order valence-corrected chi connectivity index (χ4v) is 3.78. The van der Waals surface area contributed by atoms with E-state index < -0.39 is 0 Å². The first-order valence-electron chi connectivity index (χ1n) is 7.38. The van der Waals surface area contributed by atoms with Crippen LogP contribution in [-0.2, 0) is 9.53 Å².